The van der Waals surface area contributed by atoms with E-state index < -0.39 is 0 Å². The fraction of sp³-hybridized carbons (Fsp3) is 0.556. The van der Waals surface area contributed by atoms with Crippen molar-refractivity contribution in [3.05, 3.63) is 38.4 Å². The van der Waals surface area contributed by atoms with Gasteiger partial charge in [0.25, 0.3) is 5.91 Å². The minimum Gasteiger partial charge on any atom is -0.361 e. The molecule has 0 fully saturated rings. The van der Waals surface area contributed by atoms with Gasteiger partial charge in [0.1, 0.15) is 11.5 Å². The Morgan fingerprint density at radius 1 is 1.22 bits per heavy atom. The van der Waals surface area contributed by atoms with Crippen molar-refractivity contribution in [2.45, 2.75) is 57.9 Å². The third-order valence-corrected chi connectivity index (χ3v) is 6.20. The second kappa shape index (κ2) is 6.11. The third kappa shape index (κ3) is 2.82. The molecule has 0 radical (unpaired) electrons. The number of hydrogen-bond donors (Lipinski definition) is 0. The number of aryl methyl sites for hydroxylation is 3. The molecule has 0 spiro atoms. The van der Waals surface area contributed by atoms with Crippen molar-refractivity contribution in [1.29, 1.82) is 0 Å². The van der Waals surface area contributed by atoms with Crippen molar-refractivity contribution in [2.24, 2.45) is 0 Å². The predicted molar refractivity (Wildman–Crippen MR) is 89.9 cm³/mol. The van der Waals surface area contributed by atoms with E-state index in [9.17, 15) is 4.79 Å². The molecule has 1 amide bonds. The molecule has 0 N–H and O–H groups in total. The number of aromatic nitrogens is 1. The molecular weight excluding hydrogens is 308 g/mol. The monoisotopic (exact) mass is 330 g/mol. The van der Waals surface area contributed by atoms with Crippen molar-refractivity contribution >= 4 is 17.2 Å². The van der Waals surface area contributed by atoms with Gasteiger partial charge in [-0.15, -0.1) is 11.3 Å². The van der Waals surface area contributed by atoms with Crippen LogP contribution in [0.3, 0.4) is 0 Å². The maximum Gasteiger partial charge on any atom is 0.264 e. The molecule has 2 aromatic heterocycles. The molecule has 0 bridgehead atoms. The molecule has 0 atom stereocenters. The van der Waals surface area contributed by atoms with E-state index in [0.717, 1.165) is 42.0 Å². The molecule has 2 aromatic rings. The van der Waals surface area contributed by atoms with Gasteiger partial charge >= 0.3 is 0 Å². The second-order valence-electron chi connectivity index (χ2n) is 6.67. The van der Waals surface area contributed by atoms with Crippen LogP contribution in [0.25, 0.3) is 0 Å². The molecule has 0 aliphatic heterocycles. The molecule has 4 nitrogen and oxygen atoms in total. The van der Waals surface area contributed by atoms with Crippen LogP contribution in [-0.2, 0) is 32.2 Å². The largest absolute Gasteiger partial charge is 0.361 e. The van der Waals surface area contributed by atoms with Gasteiger partial charge in [-0.2, -0.15) is 0 Å². The molecule has 0 aromatic carbocycles. The summed E-state index contributed by atoms with van der Waals surface area (Å²) in [4.78, 5) is 16.8. The Kier molecular flexibility index (Phi) is 3.97. The maximum absolute atomic E-state index is 12.7. The molecule has 23 heavy (non-hydrogen) atoms. The van der Waals surface area contributed by atoms with Crippen molar-refractivity contribution < 1.29 is 9.32 Å². The number of rotatable bonds is 3. The van der Waals surface area contributed by atoms with Crippen molar-refractivity contribution in [3.63, 3.8) is 0 Å². The van der Waals surface area contributed by atoms with Gasteiger partial charge in [0.2, 0.25) is 0 Å². The maximum atomic E-state index is 12.7. The Labute approximate surface area is 140 Å². The number of carbonyl (C=O) groups excluding carboxylic acids is 1. The van der Waals surface area contributed by atoms with Crippen LogP contribution < -0.4 is 0 Å². The summed E-state index contributed by atoms with van der Waals surface area (Å²) in [5.41, 5.74) is 3.56. The Bertz CT molecular complexity index is 708. The lowest BCUT2D eigenvalue weighted by Crippen LogP contribution is -2.26. The first-order chi connectivity index (χ1) is 11.2. The van der Waals surface area contributed by atoms with Gasteiger partial charge in [0.05, 0.1) is 11.4 Å². The van der Waals surface area contributed by atoms with Crippen molar-refractivity contribution in [2.75, 3.05) is 7.05 Å². The quantitative estimate of drug-likeness (QED) is 0.861. The molecule has 0 saturated carbocycles. The molecule has 0 saturated heterocycles. The lowest BCUT2D eigenvalue weighted by molar-refractivity contribution is 0.0786. The number of nitrogens with zero attached hydrogens (tertiary/aromatic N) is 2. The molecule has 4 rings (SSSR count). The summed E-state index contributed by atoms with van der Waals surface area (Å²) in [5, 5.41) is 4.21. The minimum absolute atomic E-state index is 0.108. The summed E-state index contributed by atoms with van der Waals surface area (Å²) in [7, 11) is 1.87. The van der Waals surface area contributed by atoms with Gasteiger partial charge in [-0.1, -0.05) is 5.16 Å². The van der Waals surface area contributed by atoms with E-state index in [4.69, 9.17) is 4.52 Å². The third-order valence-electron chi connectivity index (χ3n) is 4.97. The molecule has 2 heterocycles. The summed E-state index contributed by atoms with van der Waals surface area (Å²) in [6.07, 6.45) is 9.14. The van der Waals surface area contributed by atoms with E-state index in [2.05, 4.69) is 11.2 Å². The summed E-state index contributed by atoms with van der Waals surface area (Å²) >= 11 is 1.68. The molecule has 2 aliphatic carbocycles. The molecule has 122 valence electrons. The lowest BCUT2D eigenvalue weighted by atomic mass is 9.96. The van der Waals surface area contributed by atoms with Crippen molar-refractivity contribution in [3.8, 4) is 0 Å². The molecular formula is C18H22N2O2S. The van der Waals surface area contributed by atoms with E-state index in [1.807, 2.05) is 7.05 Å². The second-order valence-corrected chi connectivity index (χ2v) is 7.80. The van der Waals surface area contributed by atoms with Gasteiger partial charge in [-0.3, -0.25) is 4.79 Å². The van der Waals surface area contributed by atoms with E-state index in [-0.39, 0.29) is 5.91 Å². The Hall–Kier alpha value is -1.62. The van der Waals surface area contributed by atoms with E-state index in [1.165, 1.54) is 41.7 Å². The highest BCUT2D eigenvalue weighted by molar-refractivity contribution is 7.14. The van der Waals surface area contributed by atoms with Crippen LogP contribution in [0.1, 0.15) is 62.8 Å². The van der Waals surface area contributed by atoms with Gasteiger partial charge in [-0.25, -0.2) is 0 Å². The zero-order valence-electron chi connectivity index (χ0n) is 13.6. The van der Waals surface area contributed by atoms with Crippen LogP contribution in [0.4, 0.5) is 0 Å². The smallest absolute Gasteiger partial charge is 0.264 e. The summed E-state index contributed by atoms with van der Waals surface area (Å²) < 4.78 is 5.45. The van der Waals surface area contributed by atoms with Gasteiger partial charge in [0.15, 0.2) is 0 Å². The van der Waals surface area contributed by atoms with Gasteiger partial charge < -0.3 is 9.42 Å². The minimum atomic E-state index is 0.108. The van der Waals surface area contributed by atoms with Crippen LogP contribution in [0.2, 0.25) is 0 Å². The Morgan fingerprint density at radius 3 is 2.87 bits per heavy atom. The topological polar surface area (TPSA) is 46.3 Å². The van der Waals surface area contributed by atoms with Crippen LogP contribution in [0.5, 0.6) is 0 Å². The molecule has 2 aliphatic rings. The summed E-state index contributed by atoms with van der Waals surface area (Å²) in [6.45, 7) is 0.542. The highest BCUT2D eigenvalue weighted by Gasteiger charge is 2.24. The zero-order chi connectivity index (χ0) is 15.8. The first kappa shape index (κ1) is 14.9. The first-order valence-corrected chi connectivity index (χ1v) is 9.37. The predicted octanol–water partition coefficient (Wildman–Crippen LogP) is 3.77. The lowest BCUT2D eigenvalue weighted by Gasteiger charge is -2.16. The van der Waals surface area contributed by atoms with E-state index in [0.29, 0.717) is 6.54 Å². The number of carbonyl (C=O) groups is 1. The first-order valence-electron chi connectivity index (χ1n) is 8.55. The van der Waals surface area contributed by atoms with Crippen molar-refractivity contribution in [1.82, 2.24) is 10.1 Å². The van der Waals surface area contributed by atoms with Crippen LogP contribution in [0.15, 0.2) is 10.6 Å². The zero-order valence-corrected chi connectivity index (χ0v) is 14.4. The van der Waals surface area contributed by atoms with Crippen LogP contribution in [-0.4, -0.2) is 23.0 Å². The standard InChI is InChI=1S/C18H22N2O2S/c1-20(11-14-13-7-3-4-8-15(13)22-19-14)18(21)17-10-12-6-2-5-9-16(12)23-17/h10H,2-9,11H2,1H3. The van der Waals surface area contributed by atoms with Gasteiger partial charge in [0, 0.05) is 23.9 Å². The fourth-order valence-electron chi connectivity index (χ4n) is 3.65. The molecule has 5 heteroatoms. The highest BCUT2D eigenvalue weighted by Crippen LogP contribution is 2.31. The average molecular weight is 330 g/mol. The van der Waals surface area contributed by atoms with E-state index in [1.54, 1.807) is 16.2 Å². The Balaban J connectivity index is 1.50. The highest BCUT2D eigenvalue weighted by atomic mass is 32.1. The number of amides is 1. The van der Waals surface area contributed by atoms with Crippen LogP contribution >= 0.6 is 11.3 Å². The normalized spacial score (nSPS) is 16.7. The SMILES string of the molecule is CN(Cc1noc2c1CCCC2)C(=O)c1cc2c(s1)CCCC2. The average Bonchev–Trinajstić information content (AvgIpc) is 3.18. The van der Waals surface area contributed by atoms with E-state index >= 15 is 0 Å². The number of fused-ring (bicyclic) bond motifs is 2. The Morgan fingerprint density at radius 2 is 2.00 bits per heavy atom. The summed E-state index contributed by atoms with van der Waals surface area (Å²) in [5.74, 6) is 1.13. The number of thiophene rings is 1. The van der Waals surface area contributed by atoms with Gasteiger partial charge in [-0.05, 0) is 56.6 Å². The van der Waals surface area contributed by atoms with Crippen LogP contribution in [0, 0.1) is 0 Å². The summed E-state index contributed by atoms with van der Waals surface area (Å²) in [6, 6.07) is 2.11. The number of hydrogen-bond acceptors (Lipinski definition) is 4. The fourth-order valence-corrected chi connectivity index (χ4v) is 4.90. The molecule has 0 unspecified atom stereocenters.